The zero-order valence-corrected chi connectivity index (χ0v) is 10.9. The highest BCUT2D eigenvalue weighted by molar-refractivity contribution is 5.31. The molecule has 2 nitrogen and oxygen atoms in total. The predicted molar refractivity (Wildman–Crippen MR) is 71.3 cm³/mol. The first-order valence-electron chi connectivity index (χ1n) is 6.59. The molecule has 17 heavy (non-hydrogen) atoms. The molecule has 0 saturated heterocycles. The third kappa shape index (κ3) is 2.38. The molecule has 0 spiro atoms. The van der Waals surface area contributed by atoms with Crippen LogP contribution in [0, 0.1) is 6.92 Å². The topological polar surface area (TPSA) is 32.3 Å². The zero-order chi connectivity index (χ0) is 12.3. The minimum absolute atomic E-state index is 0.0826. The van der Waals surface area contributed by atoms with Crippen LogP contribution >= 0.6 is 0 Å². The summed E-state index contributed by atoms with van der Waals surface area (Å²) in [5.74, 6) is 0. The third-order valence-electron chi connectivity index (χ3n) is 4.11. The van der Waals surface area contributed by atoms with Gasteiger partial charge in [0.1, 0.15) is 0 Å². The number of aliphatic hydroxyl groups is 1. The average Bonchev–Trinajstić information content (AvgIpc) is 2.33. The van der Waals surface area contributed by atoms with Crippen molar-refractivity contribution in [3.05, 3.63) is 35.4 Å². The lowest BCUT2D eigenvalue weighted by atomic mass is 9.67. The molecule has 0 aromatic heterocycles. The van der Waals surface area contributed by atoms with Gasteiger partial charge in [0, 0.05) is 12.0 Å². The smallest absolute Gasteiger partial charge is 0.0649 e. The first-order valence-corrected chi connectivity index (χ1v) is 6.59. The summed E-state index contributed by atoms with van der Waals surface area (Å²) in [6.07, 6.45) is 4.16. The third-order valence-corrected chi connectivity index (χ3v) is 4.11. The molecule has 1 aliphatic carbocycles. The van der Waals surface area contributed by atoms with Crippen LogP contribution in [0.15, 0.2) is 24.3 Å². The first-order chi connectivity index (χ1) is 8.19. The van der Waals surface area contributed by atoms with E-state index < -0.39 is 0 Å². The Morgan fingerprint density at radius 2 is 2.00 bits per heavy atom. The molecule has 94 valence electrons. The molecule has 0 heterocycles. The van der Waals surface area contributed by atoms with E-state index in [0.29, 0.717) is 0 Å². The Morgan fingerprint density at radius 3 is 2.59 bits per heavy atom. The van der Waals surface area contributed by atoms with E-state index in [1.54, 1.807) is 0 Å². The largest absolute Gasteiger partial charge is 0.392 e. The molecule has 2 rings (SSSR count). The van der Waals surface area contributed by atoms with Gasteiger partial charge in [-0.2, -0.15) is 0 Å². The summed E-state index contributed by atoms with van der Waals surface area (Å²) in [5.41, 5.74) is 2.48. The normalized spacial score (nSPS) is 29.2. The number of nitrogens with one attached hydrogen (secondary N) is 1. The van der Waals surface area contributed by atoms with E-state index in [0.717, 1.165) is 25.8 Å². The summed E-state index contributed by atoms with van der Waals surface area (Å²) in [5, 5.41) is 13.7. The first kappa shape index (κ1) is 12.6. The molecule has 0 amide bonds. The van der Waals surface area contributed by atoms with Gasteiger partial charge in [-0.15, -0.1) is 0 Å². The molecule has 0 aliphatic heterocycles. The van der Waals surface area contributed by atoms with Gasteiger partial charge in [-0.25, -0.2) is 0 Å². The monoisotopic (exact) mass is 233 g/mol. The van der Waals surface area contributed by atoms with Crippen LogP contribution in [-0.4, -0.2) is 24.8 Å². The maximum absolute atomic E-state index is 10.4. The van der Waals surface area contributed by atoms with Crippen LogP contribution < -0.4 is 5.32 Å². The molecule has 2 atom stereocenters. The van der Waals surface area contributed by atoms with Crippen molar-refractivity contribution in [1.29, 1.82) is 0 Å². The van der Waals surface area contributed by atoms with Crippen LogP contribution in [-0.2, 0) is 5.41 Å². The molecular weight excluding hydrogens is 210 g/mol. The van der Waals surface area contributed by atoms with E-state index in [4.69, 9.17) is 0 Å². The molecule has 0 bridgehead atoms. The van der Waals surface area contributed by atoms with Crippen molar-refractivity contribution in [3.63, 3.8) is 0 Å². The molecular formula is C15H23NO. The summed E-state index contributed by atoms with van der Waals surface area (Å²) < 4.78 is 0. The number of likely N-dealkylation sites (N-methyl/N-ethyl adjacent to an activating group) is 1. The van der Waals surface area contributed by atoms with Crippen molar-refractivity contribution in [1.82, 2.24) is 5.32 Å². The van der Waals surface area contributed by atoms with Crippen molar-refractivity contribution >= 4 is 0 Å². The van der Waals surface area contributed by atoms with Gasteiger partial charge >= 0.3 is 0 Å². The van der Waals surface area contributed by atoms with Gasteiger partial charge in [0.25, 0.3) is 0 Å². The fourth-order valence-corrected chi connectivity index (χ4v) is 3.07. The summed E-state index contributed by atoms with van der Waals surface area (Å²) in [6.45, 7) is 2.96. The second-order valence-corrected chi connectivity index (χ2v) is 5.31. The standard InChI is InChI=1S/C15H23NO/c1-12-6-8-13(9-7-12)15(11-16-2)10-4-3-5-14(15)17/h6-9,14,16-17H,3-5,10-11H2,1-2H3/t14-,15+/m1/s1. The quantitative estimate of drug-likeness (QED) is 0.840. The molecule has 0 unspecified atom stereocenters. The highest BCUT2D eigenvalue weighted by Crippen LogP contribution is 2.39. The Hall–Kier alpha value is -0.860. The fourth-order valence-electron chi connectivity index (χ4n) is 3.07. The molecule has 1 aromatic rings. The highest BCUT2D eigenvalue weighted by Gasteiger charge is 2.40. The van der Waals surface area contributed by atoms with Crippen LogP contribution in [0.5, 0.6) is 0 Å². The van der Waals surface area contributed by atoms with Crippen LogP contribution in [0.3, 0.4) is 0 Å². The van der Waals surface area contributed by atoms with Gasteiger partial charge in [0.15, 0.2) is 0 Å². The maximum atomic E-state index is 10.4. The number of aliphatic hydroxyl groups excluding tert-OH is 1. The second kappa shape index (κ2) is 5.19. The Morgan fingerprint density at radius 1 is 1.29 bits per heavy atom. The van der Waals surface area contributed by atoms with Crippen molar-refractivity contribution in [3.8, 4) is 0 Å². The Balaban J connectivity index is 2.35. The number of benzene rings is 1. The Bertz CT molecular complexity index is 356. The summed E-state index contributed by atoms with van der Waals surface area (Å²) >= 11 is 0. The average molecular weight is 233 g/mol. The molecule has 1 aromatic carbocycles. The molecule has 0 radical (unpaired) electrons. The van der Waals surface area contributed by atoms with Crippen LogP contribution in [0.25, 0.3) is 0 Å². The van der Waals surface area contributed by atoms with Crippen molar-refractivity contribution in [2.75, 3.05) is 13.6 Å². The van der Waals surface area contributed by atoms with E-state index in [2.05, 4.69) is 36.5 Å². The number of aryl methyl sites for hydroxylation is 1. The van der Waals surface area contributed by atoms with Gasteiger partial charge in [-0.1, -0.05) is 42.7 Å². The van der Waals surface area contributed by atoms with Gasteiger partial charge in [0.2, 0.25) is 0 Å². The van der Waals surface area contributed by atoms with E-state index in [-0.39, 0.29) is 11.5 Å². The van der Waals surface area contributed by atoms with E-state index in [1.165, 1.54) is 17.5 Å². The summed E-state index contributed by atoms with van der Waals surface area (Å²) in [7, 11) is 1.97. The molecule has 1 fully saturated rings. The predicted octanol–water partition coefficient (Wildman–Crippen LogP) is 2.39. The zero-order valence-electron chi connectivity index (χ0n) is 10.9. The molecule has 2 heteroatoms. The summed E-state index contributed by atoms with van der Waals surface area (Å²) in [4.78, 5) is 0. The maximum Gasteiger partial charge on any atom is 0.0649 e. The highest BCUT2D eigenvalue weighted by atomic mass is 16.3. The Kier molecular flexibility index (Phi) is 3.85. The van der Waals surface area contributed by atoms with Crippen molar-refractivity contribution < 1.29 is 5.11 Å². The van der Waals surface area contributed by atoms with E-state index in [1.807, 2.05) is 7.05 Å². The second-order valence-electron chi connectivity index (χ2n) is 5.31. The minimum atomic E-state index is -0.216. The van der Waals surface area contributed by atoms with Crippen LogP contribution in [0.4, 0.5) is 0 Å². The Labute approximate surface area is 104 Å². The number of hydrogen-bond acceptors (Lipinski definition) is 2. The van der Waals surface area contributed by atoms with Gasteiger partial charge in [-0.05, 0) is 32.4 Å². The lowest BCUT2D eigenvalue weighted by molar-refractivity contribution is 0.0424. The molecule has 1 aliphatic rings. The van der Waals surface area contributed by atoms with Gasteiger partial charge in [-0.3, -0.25) is 0 Å². The van der Waals surface area contributed by atoms with Crippen LogP contribution in [0.2, 0.25) is 0 Å². The van der Waals surface area contributed by atoms with Crippen molar-refractivity contribution in [2.45, 2.75) is 44.1 Å². The van der Waals surface area contributed by atoms with E-state index >= 15 is 0 Å². The molecule has 2 N–H and O–H groups in total. The fraction of sp³-hybridized carbons (Fsp3) is 0.600. The van der Waals surface area contributed by atoms with Crippen molar-refractivity contribution in [2.24, 2.45) is 0 Å². The number of hydrogen-bond donors (Lipinski definition) is 2. The van der Waals surface area contributed by atoms with Gasteiger partial charge < -0.3 is 10.4 Å². The van der Waals surface area contributed by atoms with E-state index in [9.17, 15) is 5.11 Å². The number of rotatable bonds is 3. The lowest BCUT2D eigenvalue weighted by Crippen LogP contribution is -2.48. The lowest BCUT2D eigenvalue weighted by Gasteiger charge is -2.42. The van der Waals surface area contributed by atoms with Gasteiger partial charge in [0.05, 0.1) is 6.10 Å². The molecule has 1 saturated carbocycles. The summed E-state index contributed by atoms with van der Waals surface area (Å²) in [6, 6.07) is 8.66. The SMILES string of the molecule is CNC[C@]1(c2ccc(C)cc2)CCCC[C@H]1O. The minimum Gasteiger partial charge on any atom is -0.392 e. The van der Waals surface area contributed by atoms with Crippen LogP contribution in [0.1, 0.15) is 36.8 Å².